The number of rotatable bonds is 10. The lowest BCUT2D eigenvalue weighted by molar-refractivity contribution is -0.139. The largest absolute Gasteiger partial charge is 0.479 e. The lowest BCUT2D eigenvalue weighted by atomic mass is 9.83. The van der Waals surface area contributed by atoms with Gasteiger partial charge in [0.25, 0.3) is 0 Å². The summed E-state index contributed by atoms with van der Waals surface area (Å²) >= 11 is 3.46. The van der Waals surface area contributed by atoms with Crippen molar-refractivity contribution in [2.75, 3.05) is 6.54 Å². The molecule has 0 saturated carbocycles. The van der Waals surface area contributed by atoms with Gasteiger partial charge in [-0.3, -0.25) is 14.5 Å². The van der Waals surface area contributed by atoms with E-state index in [0.29, 0.717) is 28.0 Å². The molecule has 1 heterocycles. The zero-order valence-electron chi connectivity index (χ0n) is 22.6. The van der Waals surface area contributed by atoms with E-state index in [1.54, 1.807) is 36.4 Å². The van der Waals surface area contributed by atoms with Crippen molar-refractivity contribution >= 4 is 27.7 Å². The highest BCUT2D eigenvalue weighted by atomic mass is 79.9. The molecule has 3 atom stereocenters. The molecule has 0 spiro atoms. The Kier molecular flexibility index (Phi) is 8.66. The van der Waals surface area contributed by atoms with Crippen LogP contribution in [-0.4, -0.2) is 33.4 Å². The Labute approximate surface area is 247 Å². The number of nitrogens with zero attached hydrogens (tertiary/aromatic N) is 1. The third kappa shape index (κ3) is 5.97. The second kappa shape index (κ2) is 12.4. The number of hydrogen-bond donors (Lipinski definition) is 1. The molecule has 1 aliphatic heterocycles. The van der Waals surface area contributed by atoms with E-state index < -0.39 is 23.3 Å². The molecule has 0 bridgehead atoms. The molecular weight excluding hydrogens is 585 g/mol. The molecule has 1 aliphatic rings. The van der Waals surface area contributed by atoms with Gasteiger partial charge in [0.15, 0.2) is 5.01 Å². The third-order valence-corrected chi connectivity index (χ3v) is 8.49. The highest BCUT2D eigenvalue weighted by Crippen LogP contribution is 2.43. The number of ether oxygens (including phenoxy) is 1. The average Bonchev–Trinajstić information content (AvgIpc) is 3.26. The number of alkyl halides is 1. The Hall–Kier alpha value is -3.81. The van der Waals surface area contributed by atoms with E-state index in [1.807, 2.05) is 67.6 Å². The molecule has 4 aromatic rings. The van der Waals surface area contributed by atoms with Crippen molar-refractivity contribution in [1.82, 2.24) is 4.90 Å². The Bertz CT molecular complexity index is 1440. The monoisotopic (exact) mass is 615 g/mol. The molecule has 5 nitrogen and oxygen atoms in total. The van der Waals surface area contributed by atoms with Crippen LogP contribution in [-0.2, 0) is 15.2 Å². The van der Waals surface area contributed by atoms with Gasteiger partial charge in [-0.15, -0.1) is 0 Å². The summed E-state index contributed by atoms with van der Waals surface area (Å²) in [5.41, 5.74) is 1.15. The molecule has 1 N–H and O–H groups in total. The van der Waals surface area contributed by atoms with Gasteiger partial charge in [0.05, 0.1) is 11.8 Å². The number of hydrogen-bond acceptors (Lipinski definition) is 4. The van der Waals surface area contributed by atoms with Gasteiger partial charge in [0.1, 0.15) is 17.2 Å². The predicted molar refractivity (Wildman–Crippen MR) is 159 cm³/mol. The smallest absolute Gasteiger partial charge is 0.237 e. The first-order valence-electron chi connectivity index (χ1n) is 13.7. The summed E-state index contributed by atoms with van der Waals surface area (Å²) in [5, 5.41) is 11.9. The number of benzene rings is 4. The number of halogens is 2. The first-order chi connectivity index (χ1) is 19.8. The summed E-state index contributed by atoms with van der Waals surface area (Å²) in [6, 6.07) is 31.4. The van der Waals surface area contributed by atoms with Crippen molar-refractivity contribution in [2.24, 2.45) is 0 Å². The van der Waals surface area contributed by atoms with Crippen LogP contribution in [0.5, 0.6) is 5.75 Å². The highest BCUT2D eigenvalue weighted by molar-refractivity contribution is 9.09. The molecule has 3 unspecified atom stereocenters. The van der Waals surface area contributed by atoms with Gasteiger partial charge < -0.3 is 9.84 Å². The standard InChI is InChI=1S/C34H31BrFNO4/c1-2-29(35)41-28-19-15-24(16-20-28)31-30(23-13-17-27(36)18-14-23)32(38)37(33(31)39)22-21-34(40,25-9-5-3-6-10-25)26-11-7-4-8-12-26/h3-20,29-31,40H,2,21-22H2,1H3. The fourth-order valence-electron chi connectivity index (χ4n) is 5.43. The summed E-state index contributed by atoms with van der Waals surface area (Å²) in [6.07, 6.45) is 0.884. The Morgan fingerprint density at radius 3 is 1.73 bits per heavy atom. The average molecular weight is 617 g/mol. The number of likely N-dealkylation sites (tertiary alicyclic amines) is 1. The van der Waals surface area contributed by atoms with E-state index in [0.717, 1.165) is 6.42 Å². The first kappa shape index (κ1) is 28.7. The number of imide groups is 1. The second-order valence-electron chi connectivity index (χ2n) is 10.2. The molecule has 41 heavy (non-hydrogen) atoms. The summed E-state index contributed by atoms with van der Waals surface area (Å²) in [7, 11) is 0. The summed E-state index contributed by atoms with van der Waals surface area (Å²) < 4.78 is 19.6. The van der Waals surface area contributed by atoms with Crippen LogP contribution in [0.4, 0.5) is 4.39 Å². The van der Waals surface area contributed by atoms with Crippen molar-refractivity contribution in [3.8, 4) is 5.75 Å². The van der Waals surface area contributed by atoms with Gasteiger partial charge >= 0.3 is 0 Å². The van der Waals surface area contributed by atoms with E-state index in [2.05, 4.69) is 15.9 Å². The Morgan fingerprint density at radius 1 is 0.805 bits per heavy atom. The quantitative estimate of drug-likeness (QED) is 0.156. The number of carbonyl (C=O) groups is 2. The zero-order valence-corrected chi connectivity index (χ0v) is 24.2. The molecule has 0 aromatic heterocycles. The van der Waals surface area contributed by atoms with Crippen molar-refractivity contribution in [1.29, 1.82) is 0 Å². The van der Waals surface area contributed by atoms with Crippen LogP contribution in [0.2, 0.25) is 0 Å². The minimum atomic E-state index is -1.42. The molecule has 0 aliphatic carbocycles. The molecule has 0 radical (unpaired) electrons. The minimum absolute atomic E-state index is 0.00904. The Balaban J connectivity index is 1.48. The van der Waals surface area contributed by atoms with E-state index >= 15 is 0 Å². The molecule has 5 rings (SSSR count). The van der Waals surface area contributed by atoms with E-state index in [9.17, 15) is 19.1 Å². The molecule has 1 saturated heterocycles. The highest BCUT2D eigenvalue weighted by Gasteiger charge is 2.49. The van der Waals surface area contributed by atoms with Crippen molar-refractivity contribution in [3.63, 3.8) is 0 Å². The number of carbonyl (C=O) groups excluding carboxylic acids is 2. The van der Waals surface area contributed by atoms with Crippen LogP contribution in [0.3, 0.4) is 0 Å². The minimum Gasteiger partial charge on any atom is -0.479 e. The molecule has 1 fully saturated rings. The zero-order chi connectivity index (χ0) is 29.0. The number of amides is 2. The maximum absolute atomic E-state index is 14.0. The van der Waals surface area contributed by atoms with Gasteiger partial charge in [0, 0.05) is 13.0 Å². The molecule has 2 amide bonds. The van der Waals surface area contributed by atoms with Crippen LogP contribution < -0.4 is 4.74 Å². The number of aliphatic hydroxyl groups is 1. The van der Waals surface area contributed by atoms with Crippen molar-refractivity contribution in [3.05, 3.63) is 137 Å². The fourth-order valence-corrected chi connectivity index (χ4v) is 5.65. The van der Waals surface area contributed by atoms with Gasteiger partial charge in [-0.2, -0.15) is 0 Å². The third-order valence-electron chi connectivity index (χ3n) is 7.65. The van der Waals surface area contributed by atoms with Crippen LogP contribution in [0, 0.1) is 5.82 Å². The van der Waals surface area contributed by atoms with Crippen LogP contribution in [0.15, 0.2) is 109 Å². The fraction of sp³-hybridized carbons (Fsp3) is 0.235. The lowest BCUT2D eigenvalue weighted by Gasteiger charge is -2.31. The lowest BCUT2D eigenvalue weighted by Crippen LogP contribution is -2.37. The molecular formula is C34H31BrFNO4. The molecule has 210 valence electrons. The summed E-state index contributed by atoms with van der Waals surface area (Å²) in [4.78, 5) is 29.1. The first-order valence-corrected chi connectivity index (χ1v) is 14.6. The van der Waals surface area contributed by atoms with Crippen LogP contribution in [0.1, 0.15) is 53.9 Å². The van der Waals surface area contributed by atoms with Gasteiger partial charge in [-0.1, -0.05) is 91.9 Å². The topological polar surface area (TPSA) is 66.8 Å². The molecule has 4 aromatic carbocycles. The van der Waals surface area contributed by atoms with Crippen molar-refractivity contribution < 1.29 is 23.8 Å². The molecule has 7 heteroatoms. The van der Waals surface area contributed by atoms with Gasteiger partial charge in [-0.05, 0) is 68.9 Å². The van der Waals surface area contributed by atoms with Gasteiger partial charge in [0.2, 0.25) is 11.8 Å². The second-order valence-corrected chi connectivity index (χ2v) is 11.2. The van der Waals surface area contributed by atoms with E-state index in [-0.39, 0.29) is 29.8 Å². The maximum atomic E-state index is 14.0. The predicted octanol–water partition coefficient (Wildman–Crippen LogP) is 6.90. The summed E-state index contributed by atoms with van der Waals surface area (Å²) in [6.45, 7) is 2.00. The SMILES string of the molecule is CCC(Br)Oc1ccc(C2C(=O)N(CCC(O)(c3ccccc3)c3ccccc3)C(=O)C2c2ccc(F)cc2)cc1. The normalized spacial score (nSPS) is 18.0. The Morgan fingerprint density at radius 2 is 1.27 bits per heavy atom. The van der Waals surface area contributed by atoms with Gasteiger partial charge in [-0.25, -0.2) is 4.39 Å². The van der Waals surface area contributed by atoms with Crippen LogP contribution >= 0.6 is 15.9 Å². The summed E-state index contributed by atoms with van der Waals surface area (Å²) in [5.74, 6) is -2.13. The van der Waals surface area contributed by atoms with Crippen molar-refractivity contribution in [2.45, 2.75) is 42.2 Å². The van der Waals surface area contributed by atoms with E-state index in [4.69, 9.17) is 4.74 Å². The van der Waals surface area contributed by atoms with Crippen LogP contribution in [0.25, 0.3) is 0 Å². The maximum Gasteiger partial charge on any atom is 0.237 e. The van der Waals surface area contributed by atoms with E-state index in [1.165, 1.54) is 17.0 Å².